The zero-order valence-electron chi connectivity index (χ0n) is 29.3. The Balaban J connectivity index is 1.53. The third kappa shape index (κ3) is 6.49. The fourth-order valence-corrected chi connectivity index (χ4v) is 8.43. The zero-order valence-corrected chi connectivity index (χ0v) is 30.1. The number of likely N-dealkylation sites (N-methyl/N-ethyl adjacent to an activating group) is 1. The Morgan fingerprint density at radius 1 is 1.16 bits per heavy atom. The maximum Gasteiger partial charge on any atom is 0.313 e. The number of para-hydroxylation sites is 1. The van der Waals surface area contributed by atoms with Gasteiger partial charge < -0.3 is 29.3 Å². The number of rotatable bonds is 15. The standard InChI is InChI=1S/C39H48ClN3O7/c1-7-10-19-30(45)41(6)25(5)34(26-16-12-11-13-17-26)49-38(48)31-29-20-21-39(50-29)32(31)36(46)43(27(9-3)23-44)35(39)37(47)42(22-8-2)33-24(4)15-14-18-28(33)40/h7-8,11-18,25,27,29,31-32,34-35,44H,1-2,9-10,19-23H2,3-6H3/t25-,27+,29-,31+,32+,34+,35-,39+/m1/s1. The van der Waals surface area contributed by atoms with Gasteiger partial charge in [-0.3, -0.25) is 19.2 Å². The van der Waals surface area contributed by atoms with Crippen molar-refractivity contribution in [3.05, 3.63) is 90.0 Å². The molecule has 0 radical (unpaired) electrons. The number of amides is 3. The molecule has 3 heterocycles. The second-order valence-corrected chi connectivity index (χ2v) is 13.9. The minimum Gasteiger partial charge on any atom is -0.455 e. The van der Waals surface area contributed by atoms with Crippen LogP contribution in [-0.2, 0) is 28.7 Å². The number of benzene rings is 2. The molecule has 8 atom stereocenters. The van der Waals surface area contributed by atoms with E-state index in [0.29, 0.717) is 42.0 Å². The van der Waals surface area contributed by atoms with Crippen LogP contribution in [0.3, 0.4) is 0 Å². The molecule has 2 bridgehead atoms. The van der Waals surface area contributed by atoms with Crippen LogP contribution in [0.2, 0.25) is 5.02 Å². The third-order valence-electron chi connectivity index (χ3n) is 10.7. The highest BCUT2D eigenvalue weighted by Crippen LogP contribution is 2.59. The lowest BCUT2D eigenvalue weighted by molar-refractivity contribution is -0.165. The molecule has 0 aromatic heterocycles. The van der Waals surface area contributed by atoms with Crippen LogP contribution in [0.1, 0.15) is 63.2 Å². The predicted molar refractivity (Wildman–Crippen MR) is 191 cm³/mol. The molecule has 2 aromatic rings. The van der Waals surface area contributed by atoms with Gasteiger partial charge in [-0.05, 0) is 56.7 Å². The van der Waals surface area contributed by atoms with Crippen LogP contribution in [0.25, 0.3) is 0 Å². The zero-order chi connectivity index (χ0) is 36.3. The summed E-state index contributed by atoms with van der Waals surface area (Å²) in [4.78, 5) is 61.6. The lowest BCUT2D eigenvalue weighted by Crippen LogP contribution is -2.59. The lowest BCUT2D eigenvalue weighted by atomic mass is 9.70. The molecule has 2 aromatic carbocycles. The van der Waals surface area contributed by atoms with Crippen LogP contribution in [0.4, 0.5) is 5.69 Å². The average Bonchev–Trinajstić information content (AvgIpc) is 3.76. The lowest BCUT2D eigenvalue weighted by Gasteiger charge is -2.39. The summed E-state index contributed by atoms with van der Waals surface area (Å²) in [5.74, 6) is -3.61. The molecule has 3 aliphatic heterocycles. The summed E-state index contributed by atoms with van der Waals surface area (Å²) in [6, 6.07) is 12.2. The molecule has 268 valence electrons. The Labute approximate surface area is 299 Å². The van der Waals surface area contributed by atoms with Crippen LogP contribution in [0.5, 0.6) is 0 Å². The van der Waals surface area contributed by atoms with Gasteiger partial charge in [-0.1, -0.05) is 73.1 Å². The Morgan fingerprint density at radius 2 is 1.88 bits per heavy atom. The molecule has 5 rings (SSSR count). The first-order valence-corrected chi connectivity index (χ1v) is 17.7. The number of esters is 1. The van der Waals surface area contributed by atoms with Gasteiger partial charge in [0.2, 0.25) is 11.8 Å². The number of halogens is 1. The average molecular weight is 706 g/mol. The molecule has 0 unspecified atom stereocenters. The van der Waals surface area contributed by atoms with Crippen LogP contribution in [-0.4, -0.2) is 88.6 Å². The number of nitrogens with zero attached hydrogens (tertiary/aromatic N) is 3. The molecule has 3 aliphatic rings. The molecule has 50 heavy (non-hydrogen) atoms. The summed E-state index contributed by atoms with van der Waals surface area (Å²) in [5.41, 5.74) is 0.632. The quantitative estimate of drug-likeness (QED) is 0.195. The first-order valence-electron chi connectivity index (χ1n) is 17.4. The minimum atomic E-state index is -1.33. The highest BCUT2D eigenvalue weighted by Gasteiger charge is 2.75. The van der Waals surface area contributed by atoms with E-state index in [1.54, 1.807) is 36.2 Å². The Bertz CT molecular complexity index is 1590. The van der Waals surface area contributed by atoms with E-state index in [4.69, 9.17) is 21.1 Å². The van der Waals surface area contributed by atoms with Gasteiger partial charge in [0.05, 0.1) is 47.3 Å². The van der Waals surface area contributed by atoms with Crippen LogP contribution >= 0.6 is 11.6 Å². The van der Waals surface area contributed by atoms with Crippen LogP contribution in [0.15, 0.2) is 73.8 Å². The fraction of sp³-hybridized carbons (Fsp3) is 0.487. The summed E-state index contributed by atoms with van der Waals surface area (Å²) < 4.78 is 13.0. The summed E-state index contributed by atoms with van der Waals surface area (Å²) in [7, 11) is 1.68. The number of hydrogen-bond donors (Lipinski definition) is 1. The molecule has 1 spiro atoms. The van der Waals surface area contributed by atoms with E-state index < -0.39 is 65.6 Å². The Morgan fingerprint density at radius 3 is 2.50 bits per heavy atom. The van der Waals surface area contributed by atoms with E-state index in [9.17, 15) is 24.3 Å². The predicted octanol–water partition coefficient (Wildman–Crippen LogP) is 5.41. The fourth-order valence-electron chi connectivity index (χ4n) is 8.10. The van der Waals surface area contributed by atoms with Crippen molar-refractivity contribution in [3.8, 4) is 0 Å². The Kier molecular flexibility index (Phi) is 11.5. The second-order valence-electron chi connectivity index (χ2n) is 13.5. The van der Waals surface area contributed by atoms with Crippen molar-refractivity contribution in [1.29, 1.82) is 0 Å². The number of aryl methyl sites for hydroxylation is 1. The molecule has 0 saturated carbocycles. The monoisotopic (exact) mass is 705 g/mol. The maximum atomic E-state index is 14.9. The number of hydrogen-bond acceptors (Lipinski definition) is 7. The van der Waals surface area contributed by atoms with Gasteiger partial charge in [-0.25, -0.2) is 0 Å². The third-order valence-corrected chi connectivity index (χ3v) is 11.0. The molecule has 11 heteroatoms. The van der Waals surface area contributed by atoms with Crippen LogP contribution in [0, 0.1) is 18.8 Å². The van der Waals surface area contributed by atoms with E-state index in [2.05, 4.69) is 13.2 Å². The van der Waals surface area contributed by atoms with Crippen molar-refractivity contribution in [3.63, 3.8) is 0 Å². The molecular formula is C39H48ClN3O7. The summed E-state index contributed by atoms with van der Waals surface area (Å²) in [6.07, 6.45) is 3.75. The van der Waals surface area contributed by atoms with E-state index >= 15 is 0 Å². The number of fused-ring (bicyclic) bond motifs is 1. The number of aliphatic hydroxyl groups is 1. The SMILES string of the molecule is C=CCCC(=O)N(C)[C@H](C)[C@H](OC(=O)[C@@H]1[C@H]2C(=O)N([C@@H](CC)CO)[C@H](C(=O)N(CC=C)c3c(C)cccc3Cl)[C@]23CC[C@H]1O3)c1ccccc1. The number of carbonyl (C=O) groups is 4. The number of allylic oxidation sites excluding steroid dienone is 1. The smallest absolute Gasteiger partial charge is 0.313 e. The second kappa shape index (κ2) is 15.5. The van der Waals surface area contributed by atoms with E-state index in [1.807, 2.05) is 57.2 Å². The normalized spacial score (nSPS) is 25.4. The first kappa shape index (κ1) is 37.3. The molecule has 3 amide bonds. The van der Waals surface area contributed by atoms with Crippen molar-refractivity contribution >= 4 is 41.0 Å². The van der Waals surface area contributed by atoms with Gasteiger partial charge in [0.1, 0.15) is 17.7 Å². The number of likely N-dealkylation sites (tertiary alicyclic amines) is 1. The van der Waals surface area contributed by atoms with Crippen molar-refractivity contribution in [1.82, 2.24) is 9.80 Å². The van der Waals surface area contributed by atoms with E-state index in [0.717, 1.165) is 5.56 Å². The van der Waals surface area contributed by atoms with Crippen molar-refractivity contribution < 1.29 is 33.8 Å². The Hall–Kier alpha value is -3.99. The number of carbonyl (C=O) groups excluding carboxylic acids is 4. The molecule has 1 N–H and O–H groups in total. The van der Waals surface area contributed by atoms with Gasteiger partial charge in [0.25, 0.3) is 5.91 Å². The highest BCUT2D eigenvalue weighted by atomic mass is 35.5. The minimum absolute atomic E-state index is 0.114. The number of ether oxygens (including phenoxy) is 2. The number of aliphatic hydroxyl groups excluding tert-OH is 1. The van der Waals surface area contributed by atoms with Crippen molar-refractivity contribution in [2.24, 2.45) is 11.8 Å². The largest absolute Gasteiger partial charge is 0.455 e. The van der Waals surface area contributed by atoms with Crippen molar-refractivity contribution in [2.75, 3.05) is 25.1 Å². The van der Waals surface area contributed by atoms with Gasteiger partial charge in [-0.2, -0.15) is 0 Å². The van der Waals surface area contributed by atoms with Crippen molar-refractivity contribution in [2.45, 2.75) is 88.8 Å². The highest BCUT2D eigenvalue weighted by molar-refractivity contribution is 6.34. The van der Waals surface area contributed by atoms with E-state index in [1.165, 1.54) is 9.80 Å². The summed E-state index contributed by atoms with van der Waals surface area (Å²) >= 11 is 6.67. The molecule has 10 nitrogen and oxygen atoms in total. The first-order chi connectivity index (χ1) is 24.0. The number of anilines is 1. The molecule has 3 fully saturated rings. The molecular weight excluding hydrogens is 658 g/mol. The topological polar surface area (TPSA) is 117 Å². The van der Waals surface area contributed by atoms with Gasteiger partial charge in [0.15, 0.2) is 0 Å². The summed E-state index contributed by atoms with van der Waals surface area (Å²) in [6.45, 7) is 12.8. The molecule has 3 saturated heterocycles. The molecule has 0 aliphatic carbocycles. The van der Waals surface area contributed by atoms with Gasteiger partial charge in [0, 0.05) is 20.0 Å². The van der Waals surface area contributed by atoms with Gasteiger partial charge >= 0.3 is 5.97 Å². The maximum absolute atomic E-state index is 14.9. The summed E-state index contributed by atoms with van der Waals surface area (Å²) in [5, 5.41) is 10.9. The van der Waals surface area contributed by atoms with E-state index in [-0.39, 0.29) is 25.5 Å². The van der Waals surface area contributed by atoms with Gasteiger partial charge in [-0.15, -0.1) is 13.2 Å². The van der Waals surface area contributed by atoms with Crippen LogP contribution < -0.4 is 4.90 Å².